The first kappa shape index (κ1) is 15.8. The average Bonchev–Trinajstić information content (AvgIpc) is 2.52. The number of anilines is 1. The number of unbranched alkanes of at least 4 members (excludes halogenated alkanes) is 2. The maximum Gasteiger partial charge on any atom is 0.269 e. The van der Waals surface area contributed by atoms with Gasteiger partial charge in [-0.1, -0.05) is 26.7 Å². The lowest BCUT2D eigenvalue weighted by molar-refractivity contribution is 0.0948. The van der Waals surface area contributed by atoms with Crippen molar-refractivity contribution in [2.45, 2.75) is 46.0 Å². The second-order valence-electron chi connectivity index (χ2n) is 6.03. The summed E-state index contributed by atoms with van der Waals surface area (Å²) in [5.41, 5.74) is 1.65. The molecular weight excluding hydrogens is 262 g/mol. The third kappa shape index (κ3) is 4.73. The van der Waals surface area contributed by atoms with Crippen molar-refractivity contribution in [3.8, 4) is 0 Å². The van der Waals surface area contributed by atoms with Crippen molar-refractivity contribution in [2.24, 2.45) is 5.92 Å². The number of pyridine rings is 1. The number of piperidine rings is 1. The third-order valence-corrected chi connectivity index (χ3v) is 4.19. The van der Waals surface area contributed by atoms with E-state index in [1.54, 1.807) is 6.20 Å². The molecule has 21 heavy (non-hydrogen) atoms. The molecule has 116 valence electrons. The molecule has 1 aliphatic rings. The number of nitrogens with one attached hydrogen (secondary N) is 1. The van der Waals surface area contributed by atoms with Gasteiger partial charge in [-0.3, -0.25) is 9.78 Å². The van der Waals surface area contributed by atoms with Crippen molar-refractivity contribution in [1.82, 2.24) is 10.3 Å². The molecule has 1 amide bonds. The molecular formula is C17H27N3O. The van der Waals surface area contributed by atoms with E-state index in [4.69, 9.17) is 0 Å². The van der Waals surface area contributed by atoms with Crippen LogP contribution in [0.1, 0.15) is 56.4 Å². The van der Waals surface area contributed by atoms with Gasteiger partial charge in [0.1, 0.15) is 5.69 Å². The van der Waals surface area contributed by atoms with Gasteiger partial charge in [0.25, 0.3) is 5.91 Å². The Balaban J connectivity index is 1.92. The Morgan fingerprint density at radius 1 is 1.38 bits per heavy atom. The number of hydrogen-bond donors (Lipinski definition) is 1. The lowest BCUT2D eigenvalue weighted by Gasteiger charge is -2.32. The van der Waals surface area contributed by atoms with E-state index in [2.05, 4.69) is 29.0 Å². The molecule has 4 heteroatoms. The molecule has 1 aliphatic heterocycles. The van der Waals surface area contributed by atoms with E-state index in [9.17, 15) is 4.79 Å². The van der Waals surface area contributed by atoms with Gasteiger partial charge in [-0.05, 0) is 37.3 Å². The molecule has 0 saturated carbocycles. The second kappa shape index (κ2) is 8.01. The van der Waals surface area contributed by atoms with Crippen molar-refractivity contribution < 1.29 is 4.79 Å². The van der Waals surface area contributed by atoms with Crippen molar-refractivity contribution in [1.29, 1.82) is 0 Å². The molecule has 0 aliphatic carbocycles. The van der Waals surface area contributed by atoms with E-state index in [1.807, 2.05) is 12.1 Å². The van der Waals surface area contributed by atoms with Gasteiger partial charge in [0.15, 0.2) is 0 Å². The van der Waals surface area contributed by atoms with Crippen LogP contribution in [0.3, 0.4) is 0 Å². The van der Waals surface area contributed by atoms with Crippen LogP contribution < -0.4 is 10.2 Å². The average molecular weight is 289 g/mol. The Bertz CT molecular complexity index is 453. The van der Waals surface area contributed by atoms with E-state index >= 15 is 0 Å². The van der Waals surface area contributed by atoms with Crippen LogP contribution in [0.4, 0.5) is 5.69 Å². The molecule has 2 heterocycles. The van der Waals surface area contributed by atoms with Crippen LogP contribution in [0.5, 0.6) is 0 Å². The summed E-state index contributed by atoms with van der Waals surface area (Å²) >= 11 is 0. The van der Waals surface area contributed by atoms with E-state index < -0.39 is 0 Å². The highest BCUT2D eigenvalue weighted by atomic mass is 16.1. The van der Waals surface area contributed by atoms with Gasteiger partial charge in [0, 0.05) is 31.5 Å². The highest BCUT2D eigenvalue weighted by Gasteiger charge is 2.17. The molecule has 1 saturated heterocycles. The normalized spacial score (nSPS) is 16.0. The predicted molar refractivity (Wildman–Crippen MR) is 86.7 cm³/mol. The smallest absolute Gasteiger partial charge is 0.269 e. The number of amides is 1. The zero-order valence-corrected chi connectivity index (χ0v) is 13.3. The maximum atomic E-state index is 12.1. The Hall–Kier alpha value is -1.58. The highest BCUT2D eigenvalue weighted by Crippen LogP contribution is 2.22. The van der Waals surface area contributed by atoms with E-state index in [1.165, 1.54) is 12.8 Å². The summed E-state index contributed by atoms with van der Waals surface area (Å²) in [6.07, 6.45) is 7.54. The summed E-state index contributed by atoms with van der Waals surface area (Å²) in [4.78, 5) is 18.7. The van der Waals surface area contributed by atoms with Crippen molar-refractivity contribution in [2.75, 3.05) is 24.5 Å². The molecule has 2 rings (SSSR count). The molecule has 0 unspecified atom stereocenters. The van der Waals surface area contributed by atoms with E-state index in [0.717, 1.165) is 50.5 Å². The van der Waals surface area contributed by atoms with Crippen molar-refractivity contribution in [3.05, 3.63) is 24.0 Å². The van der Waals surface area contributed by atoms with Gasteiger partial charge in [0.05, 0.1) is 0 Å². The topological polar surface area (TPSA) is 45.2 Å². The van der Waals surface area contributed by atoms with Gasteiger partial charge in [0.2, 0.25) is 0 Å². The highest BCUT2D eigenvalue weighted by molar-refractivity contribution is 5.93. The number of carbonyl (C=O) groups excluding carboxylic acids is 1. The van der Waals surface area contributed by atoms with Gasteiger partial charge >= 0.3 is 0 Å². The van der Waals surface area contributed by atoms with Crippen molar-refractivity contribution in [3.63, 3.8) is 0 Å². The van der Waals surface area contributed by atoms with E-state index in [0.29, 0.717) is 5.69 Å². The van der Waals surface area contributed by atoms with Gasteiger partial charge in [-0.15, -0.1) is 0 Å². The third-order valence-electron chi connectivity index (χ3n) is 4.19. The number of carbonyl (C=O) groups is 1. The summed E-state index contributed by atoms with van der Waals surface area (Å²) in [5.74, 6) is 0.753. The molecule has 0 radical (unpaired) electrons. The zero-order valence-electron chi connectivity index (χ0n) is 13.3. The van der Waals surface area contributed by atoms with Crippen LogP contribution in [0.2, 0.25) is 0 Å². The standard InChI is InChI=1S/C17H27N3O/c1-3-4-5-9-19-17(21)16-13-15(6-10-18-16)20-11-7-14(2)8-12-20/h6,10,13-14H,3-5,7-9,11-12H2,1-2H3,(H,19,21). The van der Waals surface area contributed by atoms with Crippen LogP contribution in [0.25, 0.3) is 0 Å². The van der Waals surface area contributed by atoms with Gasteiger partial charge < -0.3 is 10.2 Å². The molecule has 0 aromatic carbocycles. The largest absolute Gasteiger partial charge is 0.371 e. The first-order valence-corrected chi connectivity index (χ1v) is 8.20. The number of aromatic nitrogens is 1. The van der Waals surface area contributed by atoms with Crippen LogP contribution >= 0.6 is 0 Å². The molecule has 0 bridgehead atoms. The fraction of sp³-hybridized carbons (Fsp3) is 0.647. The van der Waals surface area contributed by atoms with E-state index in [-0.39, 0.29) is 5.91 Å². The lowest BCUT2D eigenvalue weighted by atomic mass is 9.99. The SMILES string of the molecule is CCCCCNC(=O)c1cc(N2CCC(C)CC2)ccn1. The summed E-state index contributed by atoms with van der Waals surface area (Å²) < 4.78 is 0. The molecule has 1 aromatic heterocycles. The molecule has 1 aromatic rings. The molecule has 1 fully saturated rings. The maximum absolute atomic E-state index is 12.1. The summed E-state index contributed by atoms with van der Waals surface area (Å²) in [6.45, 7) is 7.34. The Morgan fingerprint density at radius 3 is 2.86 bits per heavy atom. The first-order valence-electron chi connectivity index (χ1n) is 8.20. The summed E-state index contributed by atoms with van der Waals surface area (Å²) in [7, 11) is 0. The molecule has 0 spiro atoms. The first-order chi connectivity index (χ1) is 10.2. The predicted octanol–water partition coefficient (Wildman–Crippen LogP) is 3.24. The van der Waals surface area contributed by atoms with Crippen molar-refractivity contribution >= 4 is 11.6 Å². The lowest BCUT2D eigenvalue weighted by Crippen LogP contribution is -2.33. The fourth-order valence-corrected chi connectivity index (χ4v) is 2.67. The summed E-state index contributed by atoms with van der Waals surface area (Å²) in [5, 5.41) is 2.95. The number of nitrogens with zero attached hydrogens (tertiary/aromatic N) is 2. The minimum absolute atomic E-state index is 0.0571. The minimum atomic E-state index is -0.0571. The number of hydrogen-bond acceptors (Lipinski definition) is 3. The Kier molecular flexibility index (Phi) is 6.03. The Labute approximate surface area is 127 Å². The fourth-order valence-electron chi connectivity index (χ4n) is 2.67. The van der Waals surface area contributed by atoms with Crippen LogP contribution in [-0.4, -0.2) is 30.5 Å². The molecule has 4 nitrogen and oxygen atoms in total. The van der Waals surface area contributed by atoms with Crippen LogP contribution in [-0.2, 0) is 0 Å². The van der Waals surface area contributed by atoms with Crippen LogP contribution in [0.15, 0.2) is 18.3 Å². The van der Waals surface area contributed by atoms with Crippen LogP contribution in [0, 0.1) is 5.92 Å². The molecule has 0 atom stereocenters. The van der Waals surface area contributed by atoms with Gasteiger partial charge in [-0.2, -0.15) is 0 Å². The number of rotatable bonds is 6. The monoisotopic (exact) mass is 289 g/mol. The summed E-state index contributed by atoms with van der Waals surface area (Å²) in [6, 6.07) is 3.93. The van der Waals surface area contributed by atoms with Gasteiger partial charge in [-0.25, -0.2) is 0 Å². The quantitative estimate of drug-likeness (QED) is 0.818. The molecule has 1 N–H and O–H groups in total. The minimum Gasteiger partial charge on any atom is -0.371 e. The zero-order chi connectivity index (χ0) is 15.1. The second-order valence-corrected chi connectivity index (χ2v) is 6.03. The Morgan fingerprint density at radius 2 is 2.14 bits per heavy atom.